The molecular weight excluding hydrogens is 222 g/mol. The first-order valence-electron chi connectivity index (χ1n) is 4.92. The van der Waals surface area contributed by atoms with Crippen molar-refractivity contribution in [3.63, 3.8) is 0 Å². The van der Waals surface area contributed by atoms with E-state index in [4.69, 9.17) is 0 Å². The molecule has 6 heteroatoms. The molecule has 1 aromatic rings. The number of carbonyl (C=O) groups excluding carboxylic acids is 1. The van der Waals surface area contributed by atoms with Crippen molar-refractivity contribution in [3.05, 3.63) is 46.5 Å². The molecule has 0 saturated carbocycles. The fourth-order valence-corrected chi connectivity index (χ4v) is 1.07. The fourth-order valence-electron chi connectivity index (χ4n) is 1.07. The molecule has 0 heterocycles. The molecule has 1 aromatic carbocycles. The van der Waals surface area contributed by atoms with Gasteiger partial charge in [0.1, 0.15) is 0 Å². The van der Waals surface area contributed by atoms with Crippen LogP contribution in [0.2, 0.25) is 0 Å². The van der Waals surface area contributed by atoms with Crippen LogP contribution in [0.3, 0.4) is 0 Å². The lowest BCUT2D eigenvalue weighted by molar-refractivity contribution is -0.384. The Kier molecular flexibility index (Phi) is 4.21. The molecule has 0 saturated heterocycles. The van der Waals surface area contributed by atoms with E-state index >= 15 is 0 Å². The second-order valence-electron chi connectivity index (χ2n) is 3.57. The van der Waals surface area contributed by atoms with Crippen molar-refractivity contribution >= 4 is 17.4 Å². The summed E-state index contributed by atoms with van der Waals surface area (Å²) >= 11 is 0. The molecule has 0 aliphatic carbocycles. The summed E-state index contributed by atoms with van der Waals surface area (Å²) in [6, 6.07) is 5.22. The topological polar surface area (TPSA) is 84.3 Å². The predicted octanol–water partition coefficient (Wildman–Crippen LogP) is 2.29. The molecule has 0 aromatic heterocycles. The third-order valence-electron chi connectivity index (χ3n) is 1.89. The molecule has 6 nitrogen and oxygen atoms in total. The molecule has 0 atom stereocenters. The molecule has 17 heavy (non-hydrogen) atoms. The van der Waals surface area contributed by atoms with Crippen LogP contribution < -0.4 is 10.6 Å². The first kappa shape index (κ1) is 12.7. The third-order valence-corrected chi connectivity index (χ3v) is 1.89. The van der Waals surface area contributed by atoms with E-state index in [2.05, 4.69) is 17.2 Å². The van der Waals surface area contributed by atoms with Crippen LogP contribution >= 0.6 is 0 Å². The van der Waals surface area contributed by atoms with Crippen LogP contribution in [0.4, 0.5) is 16.2 Å². The fraction of sp³-hybridized carbons (Fsp3) is 0.182. The number of benzene rings is 1. The maximum Gasteiger partial charge on any atom is 0.319 e. The first-order chi connectivity index (χ1) is 7.99. The van der Waals surface area contributed by atoms with Crippen molar-refractivity contribution in [1.29, 1.82) is 0 Å². The number of anilines is 1. The van der Waals surface area contributed by atoms with Crippen LogP contribution in [0.1, 0.15) is 6.92 Å². The van der Waals surface area contributed by atoms with Gasteiger partial charge < -0.3 is 10.6 Å². The molecule has 0 bridgehead atoms. The molecule has 1 rings (SSSR count). The number of hydrogen-bond acceptors (Lipinski definition) is 3. The van der Waals surface area contributed by atoms with Gasteiger partial charge >= 0.3 is 6.03 Å². The minimum Gasteiger partial charge on any atom is -0.334 e. The standard InChI is InChI=1S/C11H13N3O3/c1-8(2)7-12-11(15)13-9-3-5-10(6-4-9)14(16)17/h3-6H,1,7H2,2H3,(H2,12,13,15). The van der Waals surface area contributed by atoms with E-state index in [-0.39, 0.29) is 11.7 Å². The lowest BCUT2D eigenvalue weighted by Gasteiger charge is -2.06. The number of hydrogen-bond donors (Lipinski definition) is 2. The number of urea groups is 1. The van der Waals surface area contributed by atoms with E-state index in [1.807, 2.05) is 0 Å². The van der Waals surface area contributed by atoms with Gasteiger partial charge in [-0.15, -0.1) is 0 Å². The van der Waals surface area contributed by atoms with Crippen molar-refractivity contribution < 1.29 is 9.72 Å². The Balaban J connectivity index is 2.54. The van der Waals surface area contributed by atoms with Gasteiger partial charge in [0.2, 0.25) is 0 Å². The molecule has 90 valence electrons. The van der Waals surface area contributed by atoms with Crippen LogP contribution in [-0.4, -0.2) is 17.5 Å². The van der Waals surface area contributed by atoms with Gasteiger partial charge in [-0.1, -0.05) is 12.2 Å². The minimum atomic E-state index is -0.495. The van der Waals surface area contributed by atoms with Crippen LogP contribution in [-0.2, 0) is 0 Å². The van der Waals surface area contributed by atoms with Gasteiger partial charge in [0, 0.05) is 24.4 Å². The molecule has 0 fully saturated rings. The number of nitro benzene ring substituents is 1. The number of carbonyl (C=O) groups is 1. The maximum absolute atomic E-state index is 11.3. The number of nitro groups is 1. The molecule has 0 aliphatic rings. The Hall–Kier alpha value is -2.37. The quantitative estimate of drug-likeness (QED) is 0.477. The van der Waals surface area contributed by atoms with Crippen molar-refractivity contribution in [1.82, 2.24) is 5.32 Å². The van der Waals surface area contributed by atoms with E-state index in [1.165, 1.54) is 24.3 Å². The summed E-state index contributed by atoms with van der Waals surface area (Å²) in [4.78, 5) is 21.3. The largest absolute Gasteiger partial charge is 0.334 e. The van der Waals surface area contributed by atoms with Crippen LogP contribution in [0, 0.1) is 10.1 Å². The van der Waals surface area contributed by atoms with Crippen LogP contribution in [0.15, 0.2) is 36.4 Å². The van der Waals surface area contributed by atoms with Crippen molar-refractivity contribution in [2.75, 3.05) is 11.9 Å². The van der Waals surface area contributed by atoms with E-state index in [9.17, 15) is 14.9 Å². The van der Waals surface area contributed by atoms with Crippen LogP contribution in [0.5, 0.6) is 0 Å². The second-order valence-corrected chi connectivity index (χ2v) is 3.57. The third kappa shape index (κ3) is 4.33. The summed E-state index contributed by atoms with van der Waals surface area (Å²) < 4.78 is 0. The second kappa shape index (κ2) is 5.64. The smallest absolute Gasteiger partial charge is 0.319 e. The number of amides is 2. The Morgan fingerprint density at radius 2 is 2.00 bits per heavy atom. The summed E-state index contributed by atoms with van der Waals surface area (Å²) in [6.07, 6.45) is 0. The Morgan fingerprint density at radius 1 is 1.41 bits per heavy atom. The summed E-state index contributed by atoms with van der Waals surface area (Å²) in [6.45, 7) is 5.83. The van der Waals surface area contributed by atoms with Gasteiger partial charge in [0.05, 0.1) is 4.92 Å². The number of nitrogens with one attached hydrogen (secondary N) is 2. The highest BCUT2D eigenvalue weighted by Gasteiger charge is 2.05. The van der Waals surface area contributed by atoms with Crippen molar-refractivity contribution in [3.8, 4) is 0 Å². The van der Waals surface area contributed by atoms with Gasteiger partial charge in [0.25, 0.3) is 5.69 Å². The van der Waals surface area contributed by atoms with Crippen LogP contribution in [0.25, 0.3) is 0 Å². The number of non-ortho nitro benzene ring substituents is 1. The predicted molar refractivity (Wildman–Crippen MR) is 64.9 cm³/mol. The van der Waals surface area contributed by atoms with E-state index in [0.29, 0.717) is 12.2 Å². The molecule has 2 amide bonds. The Bertz CT molecular complexity index is 440. The molecule has 0 aliphatic heterocycles. The molecule has 0 unspecified atom stereocenters. The highest BCUT2D eigenvalue weighted by molar-refractivity contribution is 5.89. The molecule has 0 radical (unpaired) electrons. The van der Waals surface area contributed by atoms with Crippen molar-refractivity contribution in [2.24, 2.45) is 0 Å². The zero-order valence-corrected chi connectivity index (χ0v) is 9.40. The highest BCUT2D eigenvalue weighted by atomic mass is 16.6. The Labute approximate surface area is 98.5 Å². The summed E-state index contributed by atoms with van der Waals surface area (Å²) in [5, 5.41) is 15.5. The minimum absolute atomic E-state index is 0.0158. The van der Waals surface area contributed by atoms with Gasteiger partial charge in [-0.25, -0.2) is 4.79 Å². The van der Waals surface area contributed by atoms with E-state index in [0.717, 1.165) is 5.57 Å². The SMILES string of the molecule is C=C(C)CNC(=O)Nc1ccc([N+](=O)[O-])cc1. The van der Waals surface area contributed by atoms with Gasteiger partial charge in [-0.3, -0.25) is 10.1 Å². The highest BCUT2D eigenvalue weighted by Crippen LogP contribution is 2.14. The summed E-state index contributed by atoms with van der Waals surface area (Å²) in [5.74, 6) is 0. The average molecular weight is 235 g/mol. The maximum atomic E-state index is 11.3. The lowest BCUT2D eigenvalue weighted by Crippen LogP contribution is -2.29. The molecule has 2 N–H and O–H groups in total. The van der Waals surface area contributed by atoms with Gasteiger partial charge in [-0.05, 0) is 19.1 Å². The zero-order chi connectivity index (χ0) is 12.8. The van der Waals surface area contributed by atoms with Gasteiger partial charge in [-0.2, -0.15) is 0 Å². The average Bonchev–Trinajstić information content (AvgIpc) is 2.27. The van der Waals surface area contributed by atoms with E-state index < -0.39 is 4.92 Å². The zero-order valence-electron chi connectivity index (χ0n) is 9.40. The number of rotatable bonds is 4. The Morgan fingerprint density at radius 3 is 2.47 bits per heavy atom. The molecule has 0 spiro atoms. The monoisotopic (exact) mass is 235 g/mol. The van der Waals surface area contributed by atoms with E-state index in [1.54, 1.807) is 6.92 Å². The number of nitrogens with zero attached hydrogens (tertiary/aromatic N) is 1. The summed E-state index contributed by atoms with van der Waals surface area (Å²) in [7, 11) is 0. The normalized spacial score (nSPS) is 9.47. The molecular formula is C11H13N3O3. The first-order valence-corrected chi connectivity index (χ1v) is 4.92. The lowest BCUT2D eigenvalue weighted by atomic mass is 10.3. The van der Waals surface area contributed by atoms with Gasteiger partial charge in [0.15, 0.2) is 0 Å². The van der Waals surface area contributed by atoms with Crippen molar-refractivity contribution in [2.45, 2.75) is 6.92 Å². The summed E-state index contributed by atoms with van der Waals surface area (Å²) in [5.41, 5.74) is 1.32.